The Kier molecular flexibility index (Phi) is 3.86. The molecule has 0 aliphatic carbocycles. The first-order valence-electron chi connectivity index (χ1n) is 8.24. The number of aromatic nitrogens is 3. The first-order valence-corrected chi connectivity index (χ1v) is 8.24. The Morgan fingerprint density at radius 3 is 2.69 bits per heavy atom. The number of carbonyl (C=O) groups is 1. The van der Waals surface area contributed by atoms with Crippen molar-refractivity contribution in [2.75, 3.05) is 13.1 Å². The molecule has 0 bridgehead atoms. The molecule has 134 valence electrons. The molecule has 4 rings (SSSR count). The van der Waals surface area contributed by atoms with Crippen molar-refractivity contribution in [2.45, 2.75) is 26.4 Å². The second kappa shape index (κ2) is 6.08. The van der Waals surface area contributed by atoms with E-state index in [9.17, 15) is 13.6 Å². The highest BCUT2D eigenvalue weighted by atomic mass is 19.2. The van der Waals surface area contributed by atoms with Crippen LogP contribution in [-0.4, -0.2) is 50.2 Å². The molecule has 0 saturated carbocycles. The molecule has 0 spiro atoms. The summed E-state index contributed by atoms with van der Waals surface area (Å²) in [6.07, 6.45) is 0. The van der Waals surface area contributed by atoms with Gasteiger partial charge in [-0.1, -0.05) is 0 Å². The Hall–Kier alpha value is -2.97. The fraction of sp³-hybridized carbons (Fsp3) is 0.353. The standard InChI is InChI=1S/C17H16F2N6O/c1-9-15-22-23-16(14-8-20-10(2)21-14)25(15)6-5-24(9)17(26)11-3-4-12(18)13(19)7-11/h3-4,7,9H,5-6,8H2,1-2H3. The maximum Gasteiger partial charge on any atom is 0.254 e. The number of carbonyl (C=O) groups excluding carboxylic acids is 1. The van der Waals surface area contributed by atoms with E-state index in [1.807, 2.05) is 18.4 Å². The summed E-state index contributed by atoms with van der Waals surface area (Å²) in [7, 11) is 0. The molecule has 0 saturated heterocycles. The minimum Gasteiger partial charge on any atom is -0.327 e. The van der Waals surface area contributed by atoms with E-state index in [1.54, 1.807) is 4.90 Å². The lowest BCUT2D eigenvalue weighted by molar-refractivity contribution is 0.0637. The molecular formula is C17H16F2N6O. The third-order valence-corrected chi connectivity index (χ3v) is 4.63. The second-order valence-corrected chi connectivity index (χ2v) is 6.26. The summed E-state index contributed by atoms with van der Waals surface area (Å²) in [5.74, 6) is -0.393. The third kappa shape index (κ3) is 2.59. The third-order valence-electron chi connectivity index (χ3n) is 4.63. The molecule has 9 heteroatoms. The molecule has 1 aromatic heterocycles. The van der Waals surface area contributed by atoms with Crippen LogP contribution in [0.1, 0.15) is 41.9 Å². The van der Waals surface area contributed by atoms with Gasteiger partial charge in [0.15, 0.2) is 23.3 Å². The maximum atomic E-state index is 13.5. The normalized spacial score (nSPS) is 19.2. The number of amidine groups is 1. The molecule has 1 amide bonds. The number of rotatable bonds is 2. The van der Waals surface area contributed by atoms with Gasteiger partial charge in [-0.2, -0.15) is 0 Å². The number of fused-ring (bicyclic) bond motifs is 1. The zero-order valence-corrected chi connectivity index (χ0v) is 14.3. The quantitative estimate of drug-likeness (QED) is 0.824. The van der Waals surface area contributed by atoms with Crippen molar-refractivity contribution in [1.82, 2.24) is 19.7 Å². The van der Waals surface area contributed by atoms with Crippen LogP contribution in [0.4, 0.5) is 8.78 Å². The molecule has 7 nitrogen and oxygen atoms in total. The number of hydrogen-bond acceptors (Lipinski definition) is 5. The van der Waals surface area contributed by atoms with Gasteiger partial charge in [-0.15, -0.1) is 10.2 Å². The molecular weight excluding hydrogens is 342 g/mol. The molecule has 0 N–H and O–H groups in total. The van der Waals surface area contributed by atoms with E-state index in [4.69, 9.17) is 0 Å². The summed E-state index contributed by atoms with van der Waals surface area (Å²) in [5, 5.41) is 8.44. The molecule has 0 radical (unpaired) electrons. The zero-order valence-electron chi connectivity index (χ0n) is 14.3. The van der Waals surface area contributed by atoms with Crippen LogP contribution >= 0.6 is 0 Å². The minimum atomic E-state index is -1.04. The Balaban J connectivity index is 1.61. The highest BCUT2D eigenvalue weighted by Crippen LogP contribution is 2.27. The van der Waals surface area contributed by atoms with Gasteiger partial charge in [0.2, 0.25) is 0 Å². The van der Waals surface area contributed by atoms with Crippen LogP contribution in [-0.2, 0) is 6.54 Å². The molecule has 2 aromatic rings. The topological polar surface area (TPSA) is 75.7 Å². The van der Waals surface area contributed by atoms with Crippen LogP contribution in [0.25, 0.3) is 0 Å². The van der Waals surface area contributed by atoms with Crippen molar-refractivity contribution in [2.24, 2.45) is 9.98 Å². The summed E-state index contributed by atoms with van der Waals surface area (Å²) < 4.78 is 28.5. The molecule has 26 heavy (non-hydrogen) atoms. The highest BCUT2D eigenvalue weighted by molar-refractivity contribution is 6.10. The predicted octanol–water partition coefficient (Wildman–Crippen LogP) is 1.99. The van der Waals surface area contributed by atoms with Gasteiger partial charge in [-0.3, -0.25) is 9.79 Å². The largest absolute Gasteiger partial charge is 0.327 e. The van der Waals surface area contributed by atoms with E-state index in [0.717, 1.165) is 17.8 Å². The Bertz CT molecular complexity index is 964. The van der Waals surface area contributed by atoms with Crippen LogP contribution in [0, 0.1) is 11.6 Å². The van der Waals surface area contributed by atoms with E-state index >= 15 is 0 Å². The number of benzene rings is 1. The number of aliphatic imine (C=N–C) groups is 2. The van der Waals surface area contributed by atoms with Gasteiger partial charge in [0.25, 0.3) is 5.91 Å². The zero-order chi connectivity index (χ0) is 18.4. The van der Waals surface area contributed by atoms with Crippen LogP contribution < -0.4 is 0 Å². The van der Waals surface area contributed by atoms with Gasteiger partial charge in [-0.05, 0) is 32.0 Å². The Labute approximate surface area is 148 Å². The van der Waals surface area contributed by atoms with Gasteiger partial charge < -0.3 is 9.47 Å². The summed E-state index contributed by atoms with van der Waals surface area (Å²) in [5.41, 5.74) is 0.863. The summed E-state index contributed by atoms with van der Waals surface area (Å²) in [4.78, 5) is 22.9. The number of halogens is 2. The fourth-order valence-electron chi connectivity index (χ4n) is 3.25. The molecule has 1 atom stereocenters. The van der Waals surface area contributed by atoms with Gasteiger partial charge in [0.1, 0.15) is 11.5 Å². The summed E-state index contributed by atoms with van der Waals surface area (Å²) >= 11 is 0. The van der Waals surface area contributed by atoms with E-state index in [-0.39, 0.29) is 17.5 Å². The van der Waals surface area contributed by atoms with Crippen LogP contribution in [0.3, 0.4) is 0 Å². The number of hydrogen-bond donors (Lipinski definition) is 0. The van der Waals surface area contributed by atoms with Crippen molar-refractivity contribution >= 4 is 17.5 Å². The molecule has 0 fully saturated rings. The molecule has 3 heterocycles. The summed E-state index contributed by atoms with van der Waals surface area (Å²) in [6.45, 7) is 5.03. The predicted molar refractivity (Wildman–Crippen MR) is 90.3 cm³/mol. The maximum absolute atomic E-state index is 13.5. The van der Waals surface area contributed by atoms with E-state index < -0.39 is 11.6 Å². The lowest BCUT2D eigenvalue weighted by Gasteiger charge is -2.33. The molecule has 2 aliphatic rings. The van der Waals surface area contributed by atoms with Crippen LogP contribution in [0.5, 0.6) is 0 Å². The number of amides is 1. The Morgan fingerprint density at radius 2 is 2.00 bits per heavy atom. The lowest BCUT2D eigenvalue weighted by atomic mass is 10.1. The van der Waals surface area contributed by atoms with E-state index in [1.165, 1.54) is 6.07 Å². The van der Waals surface area contributed by atoms with Crippen molar-refractivity contribution in [3.8, 4) is 0 Å². The van der Waals surface area contributed by atoms with Crippen LogP contribution in [0.2, 0.25) is 0 Å². The Morgan fingerprint density at radius 1 is 1.19 bits per heavy atom. The lowest BCUT2D eigenvalue weighted by Crippen LogP contribution is -2.41. The van der Waals surface area contributed by atoms with E-state index in [0.29, 0.717) is 37.1 Å². The monoisotopic (exact) mass is 358 g/mol. The molecule has 1 aromatic carbocycles. The minimum absolute atomic E-state index is 0.105. The number of nitrogens with zero attached hydrogens (tertiary/aromatic N) is 6. The van der Waals surface area contributed by atoms with Gasteiger partial charge >= 0.3 is 0 Å². The van der Waals surface area contributed by atoms with Gasteiger partial charge in [0.05, 0.1) is 12.6 Å². The first-order chi connectivity index (χ1) is 12.5. The first kappa shape index (κ1) is 16.5. The second-order valence-electron chi connectivity index (χ2n) is 6.26. The molecule has 2 aliphatic heterocycles. The SMILES string of the molecule is CC1=NCC(c2nnc3n2CCN(C(=O)c2ccc(F)c(F)c2)C3C)=N1. The van der Waals surface area contributed by atoms with Crippen molar-refractivity contribution < 1.29 is 13.6 Å². The smallest absolute Gasteiger partial charge is 0.254 e. The van der Waals surface area contributed by atoms with E-state index in [2.05, 4.69) is 20.2 Å². The van der Waals surface area contributed by atoms with Crippen molar-refractivity contribution in [1.29, 1.82) is 0 Å². The highest BCUT2D eigenvalue weighted by Gasteiger charge is 2.33. The molecule has 1 unspecified atom stereocenters. The average Bonchev–Trinajstić information content (AvgIpc) is 3.23. The van der Waals surface area contributed by atoms with Gasteiger partial charge in [0, 0.05) is 18.7 Å². The van der Waals surface area contributed by atoms with Crippen LogP contribution in [0.15, 0.2) is 28.2 Å². The van der Waals surface area contributed by atoms with Crippen molar-refractivity contribution in [3.63, 3.8) is 0 Å². The fourth-order valence-corrected chi connectivity index (χ4v) is 3.25. The van der Waals surface area contributed by atoms with Gasteiger partial charge in [-0.25, -0.2) is 13.8 Å². The summed E-state index contributed by atoms with van der Waals surface area (Å²) in [6, 6.07) is 2.81. The van der Waals surface area contributed by atoms with Crippen molar-refractivity contribution in [3.05, 3.63) is 47.0 Å². The average molecular weight is 358 g/mol.